The fourth-order valence-corrected chi connectivity index (χ4v) is 1.30. The molecule has 0 fully saturated rings. The molecule has 0 heterocycles. The minimum Gasteiger partial charge on any atom is -0.366 e. The quantitative estimate of drug-likeness (QED) is 0.436. The number of azide groups is 1. The molecule has 1 amide bonds. The maximum atomic E-state index is 11.0. The first kappa shape index (κ1) is 11.0. The maximum Gasteiger partial charge on any atom is 0.248 e. The molecule has 0 radical (unpaired) electrons. The second-order valence-corrected chi connectivity index (χ2v) is 2.93. The number of nitrogens with two attached hydrogens (primary N) is 2. The third-order valence-electron chi connectivity index (χ3n) is 1.93. The molecule has 0 aromatic heterocycles. The fourth-order valence-electron chi connectivity index (χ4n) is 1.30. The van der Waals surface area contributed by atoms with Crippen molar-refractivity contribution >= 4 is 11.6 Å². The molecule has 15 heavy (non-hydrogen) atoms. The van der Waals surface area contributed by atoms with E-state index in [-0.39, 0.29) is 0 Å². The third-order valence-corrected chi connectivity index (χ3v) is 1.93. The van der Waals surface area contributed by atoms with E-state index >= 15 is 0 Å². The van der Waals surface area contributed by atoms with Crippen LogP contribution >= 0.6 is 0 Å². The summed E-state index contributed by atoms with van der Waals surface area (Å²) in [6, 6.07) is 4.70. The van der Waals surface area contributed by atoms with Crippen LogP contribution in [0, 0.1) is 0 Å². The Kier molecular flexibility index (Phi) is 3.68. The Hall–Kier alpha value is -2.04. The van der Waals surface area contributed by atoms with E-state index in [1.807, 2.05) is 0 Å². The van der Waals surface area contributed by atoms with Crippen molar-refractivity contribution < 1.29 is 4.79 Å². The predicted octanol–water partition coefficient (Wildman–Crippen LogP) is 1.23. The van der Waals surface area contributed by atoms with Gasteiger partial charge in [0.05, 0.1) is 0 Å². The van der Waals surface area contributed by atoms with Crippen molar-refractivity contribution in [1.82, 2.24) is 0 Å². The summed E-state index contributed by atoms with van der Waals surface area (Å²) in [5.41, 5.74) is 20.4. The van der Waals surface area contributed by atoms with Crippen LogP contribution in [0.15, 0.2) is 23.3 Å². The molecule has 1 aromatic rings. The summed E-state index contributed by atoms with van der Waals surface area (Å²) < 4.78 is 0. The molecule has 0 aliphatic rings. The summed E-state index contributed by atoms with van der Waals surface area (Å²) in [4.78, 5) is 13.7. The molecule has 6 heteroatoms. The van der Waals surface area contributed by atoms with E-state index in [4.69, 9.17) is 17.0 Å². The van der Waals surface area contributed by atoms with Gasteiger partial charge in [-0.1, -0.05) is 11.2 Å². The molecule has 78 valence electrons. The van der Waals surface area contributed by atoms with E-state index < -0.39 is 5.91 Å². The van der Waals surface area contributed by atoms with E-state index in [0.29, 0.717) is 29.8 Å². The molecule has 6 nitrogen and oxygen atoms in total. The number of hydrogen-bond donors (Lipinski definition) is 2. The molecule has 0 spiro atoms. The van der Waals surface area contributed by atoms with Gasteiger partial charge in [0.15, 0.2) is 0 Å². The van der Waals surface area contributed by atoms with E-state index in [9.17, 15) is 4.79 Å². The molecule has 1 aromatic carbocycles. The van der Waals surface area contributed by atoms with Crippen LogP contribution in [0.4, 0.5) is 5.69 Å². The van der Waals surface area contributed by atoms with Crippen molar-refractivity contribution in [3.8, 4) is 0 Å². The van der Waals surface area contributed by atoms with Gasteiger partial charge in [-0.3, -0.25) is 4.79 Å². The monoisotopic (exact) mass is 205 g/mol. The summed E-state index contributed by atoms with van der Waals surface area (Å²) in [6.07, 6.45) is 0.521. The second-order valence-electron chi connectivity index (χ2n) is 2.93. The summed E-state index contributed by atoms with van der Waals surface area (Å²) in [5, 5.41) is 3.44. The van der Waals surface area contributed by atoms with Crippen LogP contribution in [0.25, 0.3) is 10.4 Å². The number of amides is 1. The number of hydrogen-bond acceptors (Lipinski definition) is 3. The van der Waals surface area contributed by atoms with E-state index in [2.05, 4.69) is 10.0 Å². The smallest absolute Gasteiger partial charge is 0.248 e. The zero-order valence-corrected chi connectivity index (χ0v) is 8.05. The molecule has 0 bridgehead atoms. The second kappa shape index (κ2) is 4.99. The molecular formula is C9H11N5O. The first-order valence-electron chi connectivity index (χ1n) is 4.37. The van der Waals surface area contributed by atoms with Crippen molar-refractivity contribution in [1.29, 1.82) is 0 Å². The van der Waals surface area contributed by atoms with Gasteiger partial charge in [0, 0.05) is 16.2 Å². The van der Waals surface area contributed by atoms with Crippen molar-refractivity contribution in [3.63, 3.8) is 0 Å². The number of rotatable bonds is 4. The molecule has 0 saturated carbocycles. The average Bonchev–Trinajstić information content (AvgIpc) is 2.18. The molecular weight excluding hydrogens is 194 g/mol. The van der Waals surface area contributed by atoms with Crippen molar-refractivity contribution in [2.24, 2.45) is 16.6 Å². The van der Waals surface area contributed by atoms with Gasteiger partial charge in [0.2, 0.25) is 5.91 Å². The zero-order valence-electron chi connectivity index (χ0n) is 8.05. The van der Waals surface area contributed by atoms with Crippen LogP contribution in [0.5, 0.6) is 0 Å². The number of carbonyl (C=O) groups is 1. The topological polar surface area (TPSA) is 118 Å². The lowest BCUT2D eigenvalue weighted by Gasteiger charge is -2.05. The van der Waals surface area contributed by atoms with E-state index in [1.54, 1.807) is 12.1 Å². The Balaban J connectivity index is 3.19. The zero-order chi connectivity index (χ0) is 11.3. The molecule has 0 unspecified atom stereocenters. The number of benzene rings is 1. The maximum absolute atomic E-state index is 11.0. The van der Waals surface area contributed by atoms with Crippen LogP contribution in [-0.2, 0) is 6.42 Å². The van der Waals surface area contributed by atoms with Gasteiger partial charge in [0.1, 0.15) is 0 Å². The molecule has 0 aliphatic carbocycles. The van der Waals surface area contributed by atoms with Crippen molar-refractivity contribution in [2.75, 3.05) is 6.54 Å². The highest BCUT2D eigenvalue weighted by Gasteiger charge is 2.07. The van der Waals surface area contributed by atoms with Crippen LogP contribution < -0.4 is 11.5 Å². The first-order valence-corrected chi connectivity index (χ1v) is 4.37. The normalized spacial score (nSPS) is 9.40. The Morgan fingerprint density at radius 1 is 1.53 bits per heavy atom. The predicted molar refractivity (Wildman–Crippen MR) is 56.5 cm³/mol. The summed E-state index contributed by atoms with van der Waals surface area (Å²) in [6.45, 7) is 0.403. The molecule has 0 aliphatic heterocycles. The number of carbonyl (C=O) groups excluding carboxylic acids is 1. The van der Waals surface area contributed by atoms with Gasteiger partial charge in [-0.25, -0.2) is 0 Å². The molecule has 4 N–H and O–H groups in total. The molecule has 1 rings (SSSR count). The standard InChI is InChI=1S/C9H11N5O/c10-4-3-6-5-7(13-14-12)1-2-8(6)9(11)15/h1-2,5H,3-4,10H2,(H2,11,15). The Labute approximate surface area is 86.5 Å². The minimum atomic E-state index is -0.508. The Morgan fingerprint density at radius 2 is 2.27 bits per heavy atom. The molecule has 0 saturated heterocycles. The van der Waals surface area contributed by atoms with Gasteiger partial charge in [0.25, 0.3) is 0 Å². The van der Waals surface area contributed by atoms with Gasteiger partial charge < -0.3 is 11.5 Å². The van der Waals surface area contributed by atoms with Crippen LogP contribution in [0.1, 0.15) is 15.9 Å². The average molecular weight is 205 g/mol. The SMILES string of the molecule is [N-]=[N+]=Nc1ccc(C(N)=O)c(CCN)c1. The summed E-state index contributed by atoms with van der Waals surface area (Å²) >= 11 is 0. The fraction of sp³-hybridized carbons (Fsp3) is 0.222. The highest BCUT2D eigenvalue weighted by atomic mass is 16.1. The minimum absolute atomic E-state index is 0.403. The van der Waals surface area contributed by atoms with Crippen LogP contribution in [0.3, 0.4) is 0 Å². The summed E-state index contributed by atoms with van der Waals surface area (Å²) in [5.74, 6) is -0.508. The summed E-state index contributed by atoms with van der Waals surface area (Å²) in [7, 11) is 0. The highest BCUT2D eigenvalue weighted by Crippen LogP contribution is 2.18. The van der Waals surface area contributed by atoms with Crippen LogP contribution in [-0.4, -0.2) is 12.5 Å². The highest BCUT2D eigenvalue weighted by molar-refractivity contribution is 5.94. The number of nitrogens with zero attached hydrogens (tertiary/aromatic N) is 3. The van der Waals surface area contributed by atoms with E-state index in [0.717, 1.165) is 0 Å². The first-order chi connectivity index (χ1) is 7.19. The van der Waals surface area contributed by atoms with Gasteiger partial charge >= 0.3 is 0 Å². The van der Waals surface area contributed by atoms with Crippen molar-refractivity contribution in [3.05, 3.63) is 39.8 Å². The van der Waals surface area contributed by atoms with Gasteiger partial charge in [-0.2, -0.15) is 0 Å². The van der Waals surface area contributed by atoms with Crippen LogP contribution in [0.2, 0.25) is 0 Å². The Morgan fingerprint density at radius 3 is 2.80 bits per heavy atom. The molecule has 0 atom stereocenters. The lowest BCUT2D eigenvalue weighted by molar-refractivity contribution is 0.0999. The van der Waals surface area contributed by atoms with Gasteiger partial charge in [-0.05, 0) is 36.2 Å². The lowest BCUT2D eigenvalue weighted by Crippen LogP contribution is -2.15. The lowest BCUT2D eigenvalue weighted by atomic mass is 10.0. The third kappa shape index (κ3) is 2.70. The van der Waals surface area contributed by atoms with E-state index in [1.165, 1.54) is 6.07 Å². The number of primary amides is 1. The van der Waals surface area contributed by atoms with Crippen molar-refractivity contribution in [2.45, 2.75) is 6.42 Å². The largest absolute Gasteiger partial charge is 0.366 e. The Bertz CT molecular complexity index is 423. The van der Waals surface area contributed by atoms with Gasteiger partial charge in [-0.15, -0.1) is 0 Å².